The van der Waals surface area contributed by atoms with E-state index in [1.807, 2.05) is 0 Å². The summed E-state index contributed by atoms with van der Waals surface area (Å²) in [5.41, 5.74) is 6.68. The van der Waals surface area contributed by atoms with E-state index in [0.29, 0.717) is 0 Å². The summed E-state index contributed by atoms with van der Waals surface area (Å²) in [6.45, 7) is 2.20. The molecule has 31 heavy (non-hydrogen) atoms. The largest absolute Gasteiger partial charge is 0.0836 e. The van der Waals surface area contributed by atoms with E-state index in [9.17, 15) is 0 Å². The lowest BCUT2D eigenvalue weighted by Crippen LogP contribution is -1.94. The molecule has 148 valence electrons. The van der Waals surface area contributed by atoms with Crippen molar-refractivity contribution in [3.8, 4) is 11.1 Å². The fraction of sp³-hybridized carbons (Fsp3) is 0.0968. The first kappa shape index (κ1) is 18.2. The number of aryl methyl sites for hydroxylation is 1. The highest BCUT2D eigenvalue weighted by molar-refractivity contribution is 6.21. The van der Waals surface area contributed by atoms with E-state index >= 15 is 0 Å². The molecule has 0 atom stereocenters. The summed E-state index contributed by atoms with van der Waals surface area (Å²) < 4.78 is 0. The molecule has 5 aromatic rings. The SMILES string of the molecule is Cc1cccc2c(-c3c4ccccc4c(C4=CCCC=C4)c4ccccc34)cccc12. The van der Waals surface area contributed by atoms with Gasteiger partial charge in [-0.15, -0.1) is 0 Å². The van der Waals surface area contributed by atoms with Crippen molar-refractivity contribution in [2.75, 3.05) is 0 Å². The molecule has 0 amide bonds. The van der Waals surface area contributed by atoms with Crippen LogP contribution < -0.4 is 0 Å². The van der Waals surface area contributed by atoms with Crippen LogP contribution in [0.15, 0.2) is 103 Å². The van der Waals surface area contributed by atoms with E-state index < -0.39 is 0 Å². The maximum atomic E-state index is 2.40. The molecule has 0 aliphatic heterocycles. The van der Waals surface area contributed by atoms with Crippen molar-refractivity contribution in [2.45, 2.75) is 19.8 Å². The molecule has 0 radical (unpaired) electrons. The molecule has 6 rings (SSSR count). The van der Waals surface area contributed by atoms with E-state index in [-0.39, 0.29) is 0 Å². The number of allylic oxidation sites excluding steroid dienone is 4. The second-order valence-electron chi connectivity index (χ2n) is 8.46. The maximum absolute atomic E-state index is 2.40. The molecule has 1 aliphatic rings. The second-order valence-corrected chi connectivity index (χ2v) is 8.46. The van der Waals surface area contributed by atoms with E-state index in [1.165, 1.54) is 60.1 Å². The summed E-state index contributed by atoms with van der Waals surface area (Å²) in [5.74, 6) is 0. The van der Waals surface area contributed by atoms with Crippen LogP contribution in [0.3, 0.4) is 0 Å². The molecule has 1 aliphatic carbocycles. The van der Waals surface area contributed by atoms with Gasteiger partial charge in [-0.25, -0.2) is 0 Å². The average molecular weight is 397 g/mol. The summed E-state index contributed by atoms with van der Waals surface area (Å²) in [4.78, 5) is 0. The van der Waals surface area contributed by atoms with Crippen LogP contribution in [0, 0.1) is 6.92 Å². The predicted molar refractivity (Wildman–Crippen MR) is 135 cm³/mol. The van der Waals surface area contributed by atoms with E-state index in [2.05, 4.69) is 110 Å². The van der Waals surface area contributed by atoms with Gasteiger partial charge in [-0.3, -0.25) is 0 Å². The zero-order valence-corrected chi connectivity index (χ0v) is 17.7. The van der Waals surface area contributed by atoms with Gasteiger partial charge >= 0.3 is 0 Å². The van der Waals surface area contributed by atoms with Crippen LogP contribution in [0.5, 0.6) is 0 Å². The molecule has 0 fully saturated rings. The van der Waals surface area contributed by atoms with Crippen molar-refractivity contribution in [3.63, 3.8) is 0 Å². The number of rotatable bonds is 2. The van der Waals surface area contributed by atoms with Crippen LogP contribution in [0.25, 0.3) is 49.0 Å². The molecular weight excluding hydrogens is 372 g/mol. The van der Waals surface area contributed by atoms with Gasteiger partial charge in [0.25, 0.3) is 0 Å². The Bertz CT molecular complexity index is 1470. The van der Waals surface area contributed by atoms with Crippen molar-refractivity contribution < 1.29 is 0 Å². The number of hydrogen-bond donors (Lipinski definition) is 0. The molecule has 0 N–H and O–H groups in total. The third-order valence-electron chi connectivity index (χ3n) is 6.62. The number of benzene rings is 5. The quantitative estimate of drug-likeness (QED) is 0.261. The Hall–Kier alpha value is -3.64. The van der Waals surface area contributed by atoms with Crippen LogP contribution in [-0.4, -0.2) is 0 Å². The van der Waals surface area contributed by atoms with Gasteiger partial charge in [-0.2, -0.15) is 0 Å². The summed E-state index contributed by atoms with van der Waals surface area (Å²) >= 11 is 0. The molecule has 0 aromatic heterocycles. The third kappa shape index (κ3) is 2.83. The Morgan fingerprint density at radius 3 is 1.74 bits per heavy atom. The minimum Gasteiger partial charge on any atom is -0.0836 e. The standard InChI is InChI=1S/C31H24/c1-21-11-9-19-24-23(21)18-10-20-25(24)31-28-16-7-5-14-26(28)30(22-12-3-2-4-13-22)27-15-6-8-17-29(27)31/h3,5-20H,2,4H2,1H3. The van der Waals surface area contributed by atoms with E-state index in [1.54, 1.807) is 0 Å². The van der Waals surface area contributed by atoms with Crippen molar-refractivity contribution >= 4 is 37.9 Å². The van der Waals surface area contributed by atoms with Crippen molar-refractivity contribution in [3.05, 3.63) is 114 Å². The van der Waals surface area contributed by atoms with Gasteiger partial charge in [-0.1, -0.05) is 103 Å². The number of fused-ring (bicyclic) bond motifs is 3. The lowest BCUT2D eigenvalue weighted by molar-refractivity contribution is 1.04. The lowest BCUT2D eigenvalue weighted by atomic mass is 9.83. The fourth-order valence-electron chi connectivity index (χ4n) is 5.21. The van der Waals surface area contributed by atoms with Crippen molar-refractivity contribution in [2.24, 2.45) is 0 Å². The number of hydrogen-bond acceptors (Lipinski definition) is 0. The second kappa shape index (κ2) is 7.25. The van der Waals surface area contributed by atoms with Gasteiger partial charge in [0.2, 0.25) is 0 Å². The Kier molecular flexibility index (Phi) is 4.25. The zero-order valence-electron chi connectivity index (χ0n) is 17.7. The Balaban J connectivity index is 1.82. The third-order valence-corrected chi connectivity index (χ3v) is 6.62. The highest BCUT2D eigenvalue weighted by Crippen LogP contribution is 2.44. The van der Waals surface area contributed by atoms with Crippen LogP contribution in [0.2, 0.25) is 0 Å². The molecule has 0 spiro atoms. The van der Waals surface area contributed by atoms with Crippen LogP contribution in [0.1, 0.15) is 24.0 Å². The molecule has 5 aromatic carbocycles. The van der Waals surface area contributed by atoms with Crippen molar-refractivity contribution in [1.29, 1.82) is 0 Å². The van der Waals surface area contributed by atoms with E-state index in [4.69, 9.17) is 0 Å². The summed E-state index contributed by atoms with van der Waals surface area (Å²) in [7, 11) is 0. The smallest absolute Gasteiger partial charge is 0.00201 e. The normalized spacial score (nSPS) is 13.8. The van der Waals surface area contributed by atoms with Crippen LogP contribution in [0.4, 0.5) is 0 Å². The highest BCUT2D eigenvalue weighted by Gasteiger charge is 2.18. The Morgan fingerprint density at radius 1 is 0.516 bits per heavy atom. The Morgan fingerprint density at radius 2 is 1.10 bits per heavy atom. The Labute approximate surface area is 183 Å². The molecule has 0 heterocycles. The molecule has 0 bridgehead atoms. The monoisotopic (exact) mass is 396 g/mol. The van der Waals surface area contributed by atoms with Gasteiger partial charge in [0.15, 0.2) is 0 Å². The minimum atomic E-state index is 1.11. The summed E-state index contributed by atoms with van der Waals surface area (Å²) in [5, 5.41) is 7.96. The molecule has 0 saturated heterocycles. The molecule has 0 unspecified atom stereocenters. The van der Waals surface area contributed by atoms with E-state index in [0.717, 1.165) is 12.8 Å². The topological polar surface area (TPSA) is 0 Å². The molecule has 0 heteroatoms. The van der Waals surface area contributed by atoms with Crippen LogP contribution in [-0.2, 0) is 0 Å². The predicted octanol–water partition coefficient (Wildman–Crippen LogP) is 8.86. The fourth-order valence-corrected chi connectivity index (χ4v) is 5.21. The first-order chi connectivity index (χ1) is 15.3. The highest BCUT2D eigenvalue weighted by atomic mass is 14.2. The molecular formula is C31H24. The zero-order chi connectivity index (χ0) is 20.8. The van der Waals surface area contributed by atoms with Gasteiger partial charge in [0, 0.05) is 0 Å². The summed E-state index contributed by atoms with van der Waals surface area (Å²) in [6, 6.07) is 31.2. The first-order valence-corrected chi connectivity index (χ1v) is 11.1. The average Bonchev–Trinajstić information content (AvgIpc) is 2.83. The van der Waals surface area contributed by atoms with Gasteiger partial charge in [0.05, 0.1) is 0 Å². The first-order valence-electron chi connectivity index (χ1n) is 11.1. The molecule has 0 saturated carbocycles. The lowest BCUT2D eigenvalue weighted by Gasteiger charge is -2.20. The minimum absolute atomic E-state index is 1.11. The molecule has 0 nitrogen and oxygen atoms in total. The van der Waals surface area contributed by atoms with Gasteiger partial charge in [-0.05, 0) is 79.9 Å². The van der Waals surface area contributed by atoms with Crippen LogP contribution >= 0.6 is 0 Å². The van der Waals surface area contributed by atoms with Crippen molar-refractivity contribution in [1.82, 2.24) is 0 Å². The van der Waals surface area contributed by atoms with Gasteiger partial charge in [0.1, 0.15) is 0 Å². The van der Waals surface area contributed by atoms with Gasteiger partial charge < -0.3 is 0 Å². The maximum Gasteiger partial charge on any atom is -0.00201 e. The summed E-state index contributed by atoms with van der Waals surface area (Å²) in [6.07, 6.45) is 9.25.